The number of nitrogens with zero attached hydrogens (tertiary/aromatic N) is 3. The highest BCUT2D eigenvalue weighted by atomic mass is 16.3. The number of anilines is 3. The van der Waals surface area contributed by atoms with Crippen LogP contribution >= 0.6 is 0 Å². The number of aliphatic hydroxyl groups excluding tert-OH is 1. The second-order valence-electron chi connectivity index (χ2n) is 7.98. The Bertz CT molecular complexity index is 1180. The first kappa shape index (κ1) is 21.7. The molecule has 9 heteroatoms. The van der Waals surface area contributed by atoms with Gasteiger partial charge in [-0.2, -0.15) is 0 Å². The molecule has 4 rings (SSSR count). The smallest absolute Gasteiger partial charge is 0.257 e. The molecule has 0 bridgehead atoms. The van der Waals surface area contributed by atoms with Crippen LogP contribution in [0.4, 0.5) is 17.1 Å². The van der Waals surface area contributed by atoms with Crippen molar-refractivity contribution in [3.05, 3.63) is 59.2 Å². The molecule has 0 radical (unpaired) electrons. The van der Waals surface area contributed by atoms with Gasteiger partial charge in [0.2, 0.25) is 0 Å². The maximum atomic E-state index is 13.1. The van der Waals surface area contributed by atoms with Crippen LogP contribution in [-0.2, 0) is 0 Å². The normalized spacial score (nSPS) is 15.4. The zero-order valence-electron chi connectivity index (χ0n) is 18.3. The van der Waals surface area contributed by atoms with E-state index in [0.717, 1.165) is 43.1 Å². The Labute approximate surface area is 186 Å². The summed E-state index contributed by atoms with van der Waals surface area (Å²) in [5, 5.41) is 16.4. The molecule has 32 heavy (non-hydrogen) atoms. The lowest BCUT2D eigenvalue weighted by molar-refractivity contribution is 0.102. The number of nitrogen functional groups attached to an aromatic ring is 1. The predicted octanol–water partition coefficient (Wildman–Crippen LogP) is 1.87. The number of nitrogens with two attached hydrogens (primary N) is 2. The van der Waals surface area contributed by atoms with Gasteiger partial charge in [-0.25, -0.2) is 4.98 Å². The Morgan fingerprint density at radius 1 is 1.31 bits per heavy atom. The van der Waals surface area contributed by atoms with Crippen molar-refractivity contribution in [3.63, 3.8) is 0 Å². The van der Waals surface area contributed by atoms with E-state index in [4.69, 9.17) is 11.5 Å². The van der Waals surface area contributed by atoms with E-state index in [1.807, 2.05) is 19.2 Å². The molecular weight excluding hydrogens is 406 g/mol. The summed E-state index contributed by atoms with van der Waals surface area (Å²) >= 11 is 0. The van der Waals surface area contributed by atoms with Crippen LogP contribution in [0.1, 0.15) is 40.2 Å². The number of benzene rings is 1. The van der Waals surface area contributed by atoms with Gasteiger partial charge in [-0.05, 0) is 44.3 Å². The highest BCUT2D eigenvalue weighted by molar-refractivity contribution is 6.09. The summed E-state index contributed by atoms with van der Waals surface area (Å²) in [5.74, 6) is -0.339. The number of aliphatic hydroxyl groups is 1. The number of hydrogen-bond donors (Lipinski definition) is 5. The molecule has 0 aliphatic carbocycles. The number of rotatable bonds is 5. The molecule has 1 amide bonds. The lowest BCUT2D eigenvalue weighted by Gasteiger charge is -2.31. The maximum Gasteiger partial charge on any atom is 0.257 e. The minimum atomic E-state index is -0.735. The number of piperazine rings is 1. The van der Waals surface area contributed by atoms with Gasteiger partial charge < -0.3 is 36.5 Å². The second kappa shape index (κ2) is 8.89. The summed E-state index contributed by atoms with van der Waals surface area (Å²) in [6.45, 7) is 7.02. The minimum Gasteiger partial charge on any atom is -0.405 e. The molecule has 7 N–H and O–H groups in total. The number of imidazole rings is 1. The summed E-state index contributed by atoms with van der Waals surface area (Å²) in [5.41, 5.74) is 17.2. The Morgan fingerprint density at radius 3 is 2.75 bits per heavy atom. The summed E-state index contributed by atoms with van der Waals surface area (Å²) < 4.78 is 1.80. The number of pyridine rings is 1. The fraction of sp³-hybridized carbons (Fsp3) is 0.304. The summed E-state index contributed by atoms with van der Waals surface area (Å²) in [6.07, 6.45) is 6.04. The molecule has 1 aliphatic heterocycles. The molecule has 1 aliphatic rings. The zero-order chi connectivity index (χ0) is 22.8. The molecule has 1 fully saturated rings. The Hall–Kier alpha value is -3.56. The number of aromatic nitrogens is 2. The van der Waals surface area contributed by atoms with Gasteiger partial charge in [0.15, 0.2) is 0 Å². The van der Waals surface area contributed by atoms with E-state index >= 15 is 0 Å². The average molecular weight is 436 g/mol. The first-order chi connectivity index (χ1) is 15.4. The molecule has 3 aromatic rings. The van der Waals surface area contributed by atoms with Crippen molar-refractivity contribution in [2.24, 2.45) is 5.73 Å². The zero-order valence-corrected chi connectivity index (χ0v) is 18.3. The van der Waals surface area contributed by atoms with Crippen molar-refractivity contribution in [2.45, 2.75) is 20.0 Å². The highest BCUT2D eigenvalue weighted by Gasteiger charge is 2.20. The third kappa shape index (κ3) is 4.12. The number of carbonyl (C=O) groups is 1. The van der Waals surface area contributed by atoms with Crippen LogP contribution in [-0.4, -0.2) is 46.6 Å². The van der Waals surface area contributed by atoms with Gasteiger partial charge in [-0.1, -0.05) is 0 Å². The predicted molar refractivity (Wildman–Crippen MR) is 128 cm³/mol. The molecule has 3 heterocycles. The molecule has 2 aromatic heterocycles. The number of fused-ring (bicyclic) bond motifs is 1. The van der Waals surface area contributed by atoms with E-state index in [-0.39, 0.29) is 5.91 Å². The molecule has 0 spiro atoms. The average Bonchev–Trinajstić information content (AvgIpc) is 3.15. The summed E-state index contributed by atoms with van der Waals surface area (Å²) in [4.78, 5) is 19.8. The topological polar surface area (TPSA) is 134 Å². The van der Waals surface area contributed by atoms with Gasteiger partial charge in [0.25, 0.3) is 5.91 Å². The second-order valence-corrected chi connectivity index (χ2v) is 7.98. The number of hydrogen-bond acceptors (Lipinski definition) is 7. The van der Waals surface area contributed by atoms with Crippen molar-refractivity contribution >= 4 is 34.7 Å². The van der Waals surface area contributed by atoms with Crippen LogP contribution in [0, 0.1) is 6.92 Å². The molecule has 1 aromatic carbocycles. The fourth-order valence-electron chi connectivity index (χ4n) is 4.10. The Balaban J connectivity index is 1.68. The van der Waals surface area contributed by atoms with Crippen molar-refractivity contribution in [1.29, 1.82) is 0 Å². The van der Waals surface area contributed by atoms with Crippen LogP contribution in [0.15, 0.2) is 36.8 Å². The molecular formula is C23H29N7O2. The summed E-state index contributed by atoms with van der Waals surface area (Å²) in [6, 6.07) is 5.39. The number of carbonyl (C=O) groups excluding carboxylic acids is 1. The Morgan fingerprint density at radius 2 is 2.06 bits per heavy atom. The third-order valence-electron chi connectivity index (χ3n) is 5.64. The SMILES string of the molecule is Cc1cn2cc(NC(=O)c3ccc(N4CCNCC4)c(/C=C\N)c3N)cc(C(C)O)c2n1. The molecule has 1 unspecified atom stereocenters. The van der Waals surface area contributed by atoms with Crippen LogP contribution in [0.5, 0.6) is 0 Å². The lowest BCUT2D eigenvalue weighted by Crippen LogP contribution is -2.43. The van der Waals surface area contributed by atoms with E-state index in [2.05, 4.69) is 20.5 Å². The van der Waals surface area contributed by atoms with Crippen molar-refractivity contribution in [2.75, 3.05) is 42.1 Å². The standard InChI is InChI=1S/C23H29N7O2/c1-14-12-30-13-16(11-19(15(2)31)22(30)27-14)28-23(32)18-3-4-20(17(5-6-24)21(18)25)29-9-7-26-8-10-29/h3-6,11-13,15,26,31H,7-10,24-25H2,1-2H3,(H,28,32)/b6-5-. The van der Waals surface area contributed by atoms with Crippen LogP contribution in [0.25, 0.3) is 11.7 Å². The van der Waals surface area contributed by atoms with E-state index in [1.54, 1.807) is 35.7 Å². The highest BCUT2D eigenvalue weighted by Crippen LogP contribution is 2.31. The fourth-order valence-corrected chi connectivity index (χ4v) is 4.10. The molecule has 9 nitrogen and oxygen atoms in total. The van der Waals surface area contributed by atoms with E-state index < -0.39 is 6.10 Å². The van der Waals surface area contributed by atoms with E-state index in [0.29, 0.717) is 28.1 Å². The van der Waals surface area contributed by atoms with Gasteiger partial charge >= 0.3 is 0 Å². The van der Waals surface area contributed by atoms with E-state index in [9.17, 15) is 9.90 Å². The molecule has 1 atom stereocenters. The third-order valence-corrected chi connectivity index (χ3v) is 5.64. The largest absolute Gasteiger partial charge is 0.405 e. The van der Waals surface area contributed by atoms with Crippen LogP contribution in [0.3, 0.4) is 0 Å². The monoisotopic (exact) mass is 435 g/mol. The van der Waals surface area contributed by atoms with Gasteiger partial charge in [-0.3, -0.25) is 4.79 Å². The van der Waals surface area contributed by atoms with E-state index in [1.165, 1.54) is 6.20 Å². The van der Waals surface area contributed by atoms with Crippen molar-refractivity contribution in [3.8, 4) is 0 Å². The quantitative estimate of drug-likeness (QED) is 0.386. The van der Waals surface area contributed by atoms with Crippen LogP contribution < -0.4 is 27.0 Å². The maximum absolute atomic E-state index is 13.1. The first-order valence-electron chi connectivity index (χ1n) is 10.6. The van der Waals surface area contributed by atoms with Gasteiger partial charge in [0.05, 0.1) is 28.7 Å². The first-order valence-corrected chi connectivity index (χ1v) is 10.6. The number of nitrogens with one attached hydrogen (secondary N) is 2. The molecule has 0 saturated carbocycles. The molecule has 1 saturated heterocycles. The van der Waals surface area contributed by atoms with Gasteiger partial charge in [0.1, 0.15) is 5.65 Å². The minimum absolute atomic E-state index is 0.339. The van der Waals surface area contributed by atoms with Crippen LogP contribution in [0.2, 0.25) is 0 Å². The van der Waals surface area contributed by atoms with Crippen molar-refractivity contribution < 1.29 is 9.90 Å². The molecule has 168 valence electrons. The lowest BCUT2D eigenvalue weighted by atomic mass is 10.0. The van der Waals surface area contributed by atoms with Crippen molar-refractivity contribution in [1.82, 2.24) is 14.7 Å². The van der Waals surface area contributed by atoms with Gasteiger partial charge in [-0.15, -0.1) is 0 Å². The van der Waals surface area contributed by atoms with Gasteiger partial charge in [0, 0.05) is 55.4 Å². The Kier molecular flexibility index (Phi) is 6.02. The summed E-state index contributed by atoms with van der Waals surface area (Å²) in [7, 11) is 0. The number of aryl methyl sites for hydroxylation is 1. The number of amides is 1.